The lowest BCUT2D eigenvalue weighted by atomic mass is 10.2. The summed E-state index contributed by atoms with van der Waals surface area (Å²) in [5, 5.41) is 16.8. The summed E-state index contributed by atoms with van der Waals surface area (Å²) in [6.45, 7) is 12.2. The fraction of sp³-hybridized carbons (Fsp3) is 0.786. The normalized spacial score (nSPS) is 12.7. The molecule has 0 saturated carbocycles. The molecule has 0 aromatic carbocycles. The first kappa shape index (κ1) is 17.4. The van der Waals surface area contributed by atoms with Gasteiger partial charge in [0.15, 0.2) is 0 Å². The molecule has 1 heterocycles. The molecule has 0 fully saturated rings. The molecule has 3 N–H and O–H groups in total. The molecule has 0 radical (unpaired) electrons. The molecule has 0 saturated heterocycles. The lowest BCUT2D eigenvalue weighted by Gasteiger charge is -2.13. The van der Waals surface area contributed by atoms with Crippen LogP contribution in [0.2, 0.25) is 0 Å². The maximum Gasteiger partial charge on any atom is 0.316 e. The SMILES string of the molecule is CC(C)CNCc1nnc(NC(C)C(=O)NCC(C)C)o1. The summed E-state index contributed by atoms with van der Waals surface area (Å²) in [7, 11) is 0. The van der Waals surface area contributed by atoms with E-state index in [2.05, 4.69) is 40.0 Å². The molecule has 120 valence electrons. The Morgan fingerprint density at radius 3 is 2.38 bits per heavy atom. The first-order valence-electron chi connectivity index (χ1n) is 7.45. The van der Waals surface area contributed by atoms with Gasteiger partial charge in [0.05, 0.1) is 6.54 Å². The third kappa shape index (κ3) is 7.08. The third-order valence-corrected chi connectivity index (χ3v) is 2.71. The molecule has 0 bridgehead atoms. The predicted octanol–water partition coefficient (Wildman–Crippen LogP) is 1.39. The Kier molecular flexibility index (Phi) is 7.14. The van der Waals surface area contributed by atoms with E-state index >= 15 is 0 Å². The Labute approximate surface area is 126 Å². The number of carbonyl (C=O) groups excluding carboxylic acids is 1. The first-order valence-corrected chi connectivity index (χ1v) is 7.45. The van der Waals surface area contributed by atoms with E-state index in [1.807, 2.05) is 13.8 Å². The van der Waals surface area contributed by atoms with Crippen LogP contribution in [0.3, 0.4) is 0 Å². The Balaban J connectivity index is 2.37. The molecule has 0 spiro atoms. The summed E-state index contributed by atoms with van der Waals surface area (Å²) >= 11 is 0. The molecule has 0 aliphatic heterocycles. The molecule has 1 atom stereocenters. The van der Waals surface area contributed by atoms with Gasteiger partial charge in [0, 0.05) is 6.54 Å². The molecule has 1 amide bonds. The summed E-state index contributed by atoms with van der Waals surface area (Å²) in [4.78, 5) is 11.8. The van der Waals surface area contributed by atoms with E-state index in [4.69, 9.17) is 4.42 Å². The molecule has 0 aliphatic rings. The fourth-order valence-electron chi connectivity index (χ4n) is 1.56. The molecule has 1 aromatic heterocycles. The second kappa shape index (κ2) is 8.61. The van der Waals surface area contributed by atoms with Crippen molar-refractivity contribution in [3.8, 4) is 0 Å². The smallest absolute Gasteiger partial charge is 0.316 e. The van der Waals surface area contributed by atoms with Gasteiger partial charge in [0.1, 0.15) is 6.04 Å². The van der Waals surface area contributed by atoms with Crippen molar-refractivity contribution in [1.29, 1.82) is 0 Å². The van der Waals surface area contributed by atoms with Crippen molar-refractivity contribution in [2.45, 2.75) is 47.2 Å². The number of hydrogen-bond donors (Lipinski definition) is 3. The van der Waals surface area contributed by atoms with Gasteiger partial charge in [-0.05, 0) is 25.3 Å². The summed E-state index contributed by atoms with van der Waals surface area (Å²) in [5.41, 5.74) is 0. The Bertz CT molecular complexity index is 431. The van der Waals surface area contributed by atoms with Crippen LogP contribution in [-0.4, -0.2) is 35.2 Å². The van der Waals surface area contributed by atoms with E-state index in [1.165, 1.54) is 0 Å². The van der Waals surface area contributed by atoms with Crippen LogP contribution in [0.15, 0.2) is 4.42 Å². The van der Waals surface area contributed by atoms with Crippen LogP contribution in [0.1, 0.15) is 40.5 Å². The van der Waals surface area contributed by atoms with Gasteiger partial charge < -0.3 is 20.4 Å². The van der Waals surface area contributed by atoms with E-state index in [1.54, 1.807) is 6.92 Å². The van der Waals surface area contributed by atoms with Crippen molar-refractivity contribution in [3.63, 3.8) is 0 Å². The second-order valence-electron chi connectivity index (χ2n) is 6.03. The number of nitrogens with zero attached hydrogens (tertiary/aromatic N) is 2. The number of aromatic nitrogens is 2. The van der Waals surface area contributed by atoms with Crippen molar-refractivity contribution < 1.29 is 9.21 Å². The molecule has 7 heteroatoms. The molecular weight excluding hydrogens is 270 g/mol. The summed E-state index contributed by atoms with van der Waals surface area (Å²) < 4.78 is 5.44. The first-order chi connectivity index (χ1) is 9.88. The van der Waals surface area contributed by atoms with Crippen LogP contribution in [0.5, 0.6) is 0 Å². The molecule has 21 heavy (non-hydrogen) atoms. The largest absolute Gasteiger partial charge is 0.407 e. The van der Waals surface area contributed by atoms with E-state index in [-0.39, 0.29) is 11.9 Å². The summed E-state index contributed by atoms with van der Waals surface area (Å²) in [6.07, 6.45) is 0. The highest BCUT2D eigenvalue weighted by molar-refractivity contribution is 5.83. The highest BCUT2D eigenvalue weighted by Crippen LogP contribution is 2.07. The van der Waals surface area contributed by atoms with Gasteiger partial charge in [-0.25, -0.2) is 0 Å². The third-order valence-electron chi connectivity index (χ3n) is 2.71. The molecule has 1 aromatic rings. The minimum atomic E-state index is -0.416. The Morgan fingerprint density at radius 1 is 1.10 bits per heavy atom. The fourth-order valence-corrected chi connectivity index (χ4v) is 1.56. The Morgan fingerprint density at radius 2 is 1.76 bits per heavy atom. The maximum atomic E-state index is 11.8. The zero-order valence-corrected chi connectivity index (χ0v) is 13.6. The topological polar surface area (TPSA) is 92.1 Å². The van der Waals surface area contributed by atoms with E-state index in [0.717, 1.165) is 6.54 Å². The minimum Gasteiger partial charge on any atom is -0.407 e. The average molecular weight is 297 g/mol. The number of rotatable bonds is 9. The average Bonchev–Trinajstić information content (AvgIpc) is 2.82. The Hall–Kier alpha value is -1.63. The van der Waals surface area contributed by atoms with Crippen molar-refractivity contribution in [1.82, 2.24) is 20.8 Å². The van der Waals surface area contributed by atoms with Gasteiger partial charge in [-0.1, -0.05) is 32.8 Å². The molecule has 0 aliphatic carbocycles. The molecule has 1 rings (SSSR count). The lowest BCUT2D eigenvalue weighted by molar-refractivity contribution is -0.121. The van der Waals surface area contributed by atoms with Gasteiger partial charge in [-0.15, -0.1) is 5.10 Å². The number of hydrogen-bond acceptors (Lipinski definition) is 6. The number of anilines is 1. The summed E-state index contributed by atoms with van der Waals surface area (Å²) in [6, 6.07) is -0.149. The van der Waals surface area contributed by atoms with Gasteiger partial charge in [-0.3, -0.25) is 4.79 Å². The van der Waals surface area contributed by atoms with Crippen molar-refractivity contribution in [2.24, 2.45) is 11.8 Å². The van der Waals surface area contributed by atoms with Crippen molar-refractivity contribution in [2.75, 3.05) is 18.4 Å². The zero-order chi connectivity index (χ0) is 15.8. The van der Waals surface area contributed by atoms with E-state index < -0.39 is 6.04 Å². The van der Waals surface area contributed by atoms with Crippen LogP contribution in [0.25, 0.3) is 0 Å². The predicted molar refractivity (Wildman–Crippen MR) is 81.8 cm³/mol. The highest BCUT2D eigenvalue weighted by Gasteiger charge is 2.15. The second-order valence-corrected chi connectivity index (χ2v) is 6.03. The van der Waals surface area contributed by atoms with E-state index in [9.17, 15) is 4.79 Å². The van der Waals surface area contributed by atoms with Gasteiger partial charge in [0.2, 0.25) is 11.8 Å². The lowest BCUT2D eigenvalue weighted by Crippen LogP contribution is -2.39. The molecule has 7 nitrogen and oxygen atoms in total. The standard InChI is InChI=1S/C14H27N5O2/c1-9(2)6-15-8-12-18-19-14(21-12)17-11(5)13(20)16-7-10(3)4/h9-11,15H,6-8H2,1-5H3,(H,16,20)(H,17,19). The monoisotopic (exact) mass is 297 g/mol. The molecular formula is C14H27N5O2. The van der Waals surface area contributed by atoms with Crippen molar-refractivity contribution >= 4 is 11.9 Å². The number of nitrogens with one attached hydrogen (secondary N) is 3. The maximum absolute atomic E-state index is 11.8. The minimum absolute atomic E-state index is 0.0821. The van der Waals surface area contributed by atoms with Crippen molar-refractivity contribution in [3.05, 3.63) is 5.89 Å². The summed E-state index contributed by atoms with van der Waals surface area (Å²) in [5.74, 6) is 1.41. The van der Waals surface area contributed by atoms with Gasteiger partial charge in [-0.2, -0.15) is 0 Å². The molecule has 1 unspecified atom stereocenters. The van der Waals surface area contributed by atoms with Crippen LogP contribution in [0.4, 0.5) is 6.01 Å². The number of amides is 1. The quantitative estimate of drug-likeness (QED) is 0.638. The number of carbonyl (C=O) groups is 1. The zero-order valence-electron chi connectivity index (χ0n) is 13.6. The van der Waals surface area contributed by atoms with Gasteiger partial charge in [0.25, 0.3) is 0 Å². The van der Waals surface area contributed by atoms with E-state index in [0.29, 0.717) is 30.8 Å². The van der Waals surface area contributed by atoms with Gasteiger partial charge >= 0.3 is 6.01 Å². The van der Waals surface area contributed by atoms with Crippen LogP contribution in [0, 0.1) is 11.8 Å². The van der Waals surface area contributed by atoms with Crippen LogP contribution < -0.4 is 16.0 Å². The highest BCUT2D eigenvalue weighted by atomic mass is 16.4. The van der Waals surface area contributed by atoms with Crippen LogP contribution >= 0.6 is 0 Å². The van der Waals surface area contributed by atoms with Crippen LogP contribution in [-0.2, 0) is 11.3 Å².